The summed E-state index contributed by atoms with van der Waals surface area (Å²) in [6.45, 7) is 4.77. The molecule has 1 nitrogen and oxygen atoms in total. The van der Waals surface area contributed by atoms with Gasteiger partial charge < -0.3 is 4.57 Å². The third-order valence-corrected chi connectivity index (χ3v) is 15.1. The van der Waals surface area contributed by atoms with Crippen LogP contribution >= 0.6 is 0 Å². The van der Waals surface area contributed by atoms with Crippen LogP contribution in [0, 0.1) is 0 Å². The van der Waals surface area contributed by atoms with Crippen molar-refractivity contribution in [1.82, 2.24) is 4.57 Å². The zero-order chi connectivity index (χ0) is 39.5. The van der Waals surface area contributed by atoms with Gasteiger partial charge in [0.15, 0.2) is 0 Å². The molecule has 0 N–H and O–H groups in total. The third kappa shape index (κ3) is 3.61. The predicted octanol–water partition coefficient (Wildman–Crippen LogP) is 14.1. The maximum atomic E-state index is 2.62. The van der Waals surface area contributed by atoms with E-state index in [1.165, 1.54) is 117 Å². The van der Waals surface area contributed by atoms with Gasteiger partial charge in [0.1, 0.15) is 0 Å². The van der Waals surface area contributed by atoms with Gasteiger partial charge in [0, 0.05) is 21.9 Å². The smallest absolute Gasteiger partial charge is 0.0720 e. The van der Waals surface area contributed by atoms with Gasteiger partial charge in [0.2, 0.25) is 0 Å². The quantitative estimate of drug-likeness (QED) is 0.157. The van der Waals surface area contributed by atoms with Crippen LogP contribution in [0.5, 0.6) is 0 Å². The van der Waals surface area contributed by atoms with Crippen LogP contribution in [0.3, 0.4) is 0 Å². The first-order valence-corrected chi connectivity index (χ1v) is 21.4. The SMILES string of the molecule is CC1(C)c2ccccc2-c2ccc(-n3c4ccccc4c4cc5c(cc43)C3(c4ccccc4-c4ccccc43)c3ccccc3C53c4ccccc4-c4ccccc43)cc21. The Morgan fingerprint density at radius 1 is 0.283 bits per heavy atom. The number of fused-ring (bicyclic) bond motifs is 22. The molecule has 14 rings (SSSR count). The van der Waals surface area contributed by atoms with Crippen molar-refractivity contribution in [3.63, 3.8) is 0 Å². The van der Waals surface area contributed by atoms with Crippen molar-refractivity contribution in [3.05, 3.63) is 256 Å². The highest BCUT2D eigenvalue weighted by Crippen LogP contribution is 2.68. The van der Waals surface area contributed by atoms with Crippen molar-refractivity contribution >= 4 is 21.8 Å². The molecular formula is C59H39N. The van der Waals surface area contributed by atoms with Crippen molar-refractivity contribution in [2.75, 3.05) is 0 Å². The second-order valence-electron chi connectivity index (χ2n) is 17.9. The Bertz CT molecular complexity index is 3450. The summed E-state index contributed by atoms with van der Waals surface area (Å²) < 4.78 is 2.56. The topological polar surface area (TPSA) is 4.93 Å². The van der Waals surface area contributed by atoms with Gasteiger partial charge in [-0.3, -0.25) is 0 Å². The summed E-state index contributed by atoms with van der Waals surface area (Å²) in [6.07, 6.45) is 0. The summed E-state index contributed by atoms with van der Waals surface area (Å²) >= 11 is 0. The van der Waals surface area contributed by atoms with Crippen LogP contribution in [0.1, 0.15) is 69.5 Å². The number of para-hydroxylation sites is 1. The zero-order valence-corrected chi connectivity index (χ0v) is 33.5. The van der Waals surface area contributed by atoms with Gasteiger partial charge in [0.05, 0.1) is 21.9 Å². The Hall–Kier alpha value is -7.22. The third-order valence-electron chi connectivity index (χ3n) is 15.1. The van der Waals surface area contributed by atoms with Crippen LogP contribution < -0.4 is 0 Å². The molecule has 10 aromatic rings. The Labute approximate surface area is 349 Å². The molecule has 1 heteroatoms. The number of hydrogen-bond acceptors (Lipinski definition) is 0. The molecule has 4 aliphatic carbocycles. The maximum absolute atomic E-state index is 2.62. The van der Waals surface area contributed by atoms with Crippen LogP contribution in [0.2, 0.25) is 0 Å². The van der Waals surface area contributed by atoms with E-state index in [9.17, 15) is 0 Å². The fraction of sp³-hybridized carbons (Fsp3) is 0.0847. The molecule has 0 aliphatic heterocycles. The molecule has 280 valence electrons. The highest BCUT2D eigenvalue weighted by atomic mass is 15.0. The van der Waals surface area contributed by atoms with Gasteiger partial charge in [-0.15, -0.1) is 0 Å². The molecular weight excluding hydrogens is 723 g/mol. The first kappa shape index (κ1) is 32.7. The van der Waals surface area contributed by atoms with Gasteiger partial charge in [-0.2, -0.15) is 0 Å². The molecule has 0 amide bonds. The average molecular weight is 762 g/mol. The summed E-state index contributed by atoms with van der Waals surface area (Å²) in [5, 5.41) is 2.55. The van der Waals surface area contributed by atoms with Crippen LogP contribution in [0.15, 0.2) is 200 Å². The molecule has 0 fully saturated rings. The summed E-state index contributed by atoms with van der Waals surface area (Å²) in [5.41, 5.74) is 24.1. The number of rotatable bonds is 1. The molecule has 0 bridgehead atoms. The molecule has 0 saturated carbocycles. The van der Waals surface area contributed by atoms with Crippen LogP contribution in [-0.4, -0.2) is 4.57 Å². The van der Waals surface area contributed by atoms with E-state index in [1.807, 2.05) is 0 Å². The molecule has 0 atom stereocenters. The summed E-state index contributed by atoms with van der Waals surface area (Å²) in [4.78, 5) is 0. The first-order chi connectivity index (χ1) is 29.5. The second kappa shape index (κ2) is 11.1. The van der Waals surface area contributed by atoms with Crippen molar-refractivity contribution in [2.24, 2.45) is 0 Å². The lowest BCUT2D eigenvalue weighted by Crippen LogP contribution is -2.43. The van der Waals surface area contributed by atoms with Crippen LogP contribution in [0.4, 0.5) is 0 Å². The van der Waals surface area contributed by atoms with E-state index in [2.05, 4.69) is 219 Å². The van der Waals surface area contributed by atoms with E-state index in [0.29, 0.717) is 0 Å². The Balaban J connectivity index is 1.18. The minimum Gasteiger partial charge on any atom is -0.309 e. The predicted molar refractivity (Wildman–Crippen MR) is 247 cm³/mol. The molecule has 2 spiro atoms. The lowest BCUT2D eigenvalue weighted by molar-refractivity contribution is 0.634. The van der Waals surface area contributed by atoms with Gasteiger partial charge >= 0.3 is 0 Å². The summed E-state index contributed by atoms with van der Waals surface area (Å²) in [5.74, 6) is 0. The zero-order valence-electron chi connectivity index (χ0n) is 33.5. The minimum atomic E-state index is -0.548. The van der Waals surface area contributed by atoms with Crippen LogP contribution in [-0.2, 0) is 16.2 Å². The molecule has 9 aromatic carbocycles. The van der Waals surface area contributed by atoms with E-state index in [1.54, 1.807) is 0 Å². The molecule has 0 saturated heterocycles. The Morgan fingerprint density at radius 2 is 0.683 bits per heavy atom. The molecule has 1 heterocycles. The number of benzene rings is 9. The van der Waals surface area contributed by atoms with Crippen LogP contribution in [0.25, 0.3) is 60.9 Å². The van der Waals surface area contributed by atoms with E-state index in [4.69, 9.17) is 0 Å². The monoisotopic (exact) mass is 761 g/mol. The number of aromatic nitrogens is 1. The molecule has 0 unspecified atom stereocenters. The molecule has 1 aromatic heterocycles. The average Bonchev–Trinajstić information content (AvgIpc) is 3.96. The van der Waals surface area contributed by atoms with Crippen molar-refractivity contribution in [3.8, 4) is 39.1 Å². The normalized spacial score (nSPS) is 15.9. The standard InChI is InChI=1S/C59H39N/c1-57(2)45-23-9-3-17-37(45)42-32-31-36(33-52(42)57)60-55-30-16-8-22-43(55)44-34-53-54(35-56(44)60)59(48-26-12-6-20-40(48)41-21-7-13-27-49(41)59)51-29-15-14-28-50(51)58(53)46-24-10-4-18-38(46)39-19-5-11-25-47(39)58/h3-35H,1-2H3. The summed E-state index contributed by atoms with van der Waals surface area (Å²) in [6, 6.07) is 76.8. The lowest BCUT2D eigenvalue weighted by atomic mass is 9.52. The fourth-order valence-electron chi connectivity index (χ4n) is 12.8. The Morgan fingerprint density at radius 3 is 1.22 bits per heavy atom. The van der Waals surface area contributed by atoms with Crippen molar-refractivity contribution in [1.29, 1.82) is 0 Å². The van der Waals surface area contributed by atoms with E-state index in [0.717, 1.165) is 0 Å². The van der Waals surface area contributed by atoms with E-state index in [-0.39, 0.29) is 5.41 Å². The highest BCUT2D eigenvalue weighted by molar-refractivity contribution is 6.11. The second-order valence-corrected chi connectivity index (χ2v) is 17.9. The highest BCUT2D eigenvalue weighted by Gasteiger charge is 2.59. The van der Waals surface area contributed by atoms with Crippen molar-refractivity contribution < 1.29 is 0 Å². The number of hydrogen-bond donors (Lipinski definition) is 0. The molecule has 4 aliphatic rings. The van der Waals surface area contributed by atoms with E-state index >= 15 is 0 Å². The van der Waals surface area contributed by atoms with Gasteiger partial charge in [0.25, 0.3) is 0 Å². The largest absolute Gasteiger partial charge is 0.309 e. The molecule has 0 radical (unpaired) electrons. The fourth-order valence-corrected chi connectivity index (χ4v) is 12.8. The maximum Gasteiger partial charge on any atom is 0.0720 e. The lowest BCUT2D eigenvalue weighted by Gasteiger charge is -2.49. The summed E-state index contributed by atoms with van der Waals surface area (Å²) in [7, 11) is 0. The van der Waals surface area contributed by atoms with Crippen molar-refractivity contribution in [2.45, 2.75) is 30.1 Å². The van der Waals surface area contributed by atoms with E-state index < -0.39 is 10.8 Å². The first-order valence-electron chi connectivity index (χ1n) is 21.4. The number of nitrogens with zero attached hydrogens (tertiary/aromatic N) is 1. The Kier molecular flexibility index (Phi) is 6.04. The molecule has 60 heavy (non-hydrogen) atoms. The minimum absolute atomic E-state index is 0.111. The van der Waals surface area contributed by atoms with Gasteiger partial charge in [-0.1, -0.05) is 184 Å². The van der Waals surface area contributed by atoms with Gasteiger partial charge in [-0.25, -0.2) is 0 Å². The van der Waals surface area contributed by atoms with Gasteiger partial charge in [-0.05, 0) is 119 Å².